The van der Waals surface area contributed by atoms with Gasteiger partial charge in [0, 0.05) is 30.5 Å². The van der Waals surface area contributed by atoms with Gasteiger partial charge in [0.05, 0.1) is 16.0 Å². The molecule has 1 amide bonds. The van der Waals surface area contributed by atoms with Crippen LogP contribution >= 0.6 is 34.7 Å². The molecule has 4 nitrogen and oxygen atoms in total. The van der Waals surface area contributed by atoms with E-state index in [1.54, 1.807) is 11.3 Å². The van der Waals surface area contributed by atoms with Crippen LogP contribution in [0.4, 0.5) is 11.4 Å². The summed E-state index contributed by atoms with van der Waals surface area (Å²) in [6.45, 7) is 0. The van der Waals surface area contributed by atoms with Gasteiger partial charge >= 0.3 is 0 Å². The summed E-state index contributed by atoms with van der Waals surface area (Å²) in [7, 11) is 3.96. The van der Waals surface area contributed by atoms with E-state index in [1.165, 1.54) is 11.8 Å². The first-order chi connectivity index (χ1) is 11.5. The molecule has 1 aromatic heterocycles. The molecule has 0 unspecified atom stereocenters. The largest absolute Gasteiger partial charge is 0.378 e. The van der Waals surface area contributed by atoms with E-state index in [0.717, 1.165) is 25.9 Å². The van der Waals surface area contributed by atoms with E-state index in [1.807, 2.05) is 61.5 Å². The Kier molecular flexibility index (Phi) is 5.28. The molecule has 0 fully saturated rings. The van der Waals surface area contributed by atoms with Crippen molar-refractivity contribution < 1.29 is 4.79 Å². The summed E-state index contributed by atoms with van der Waals surface area (Å²) in [5.74, 6) is 0.276. The van der Waals surface area contributed by atoms with Crippen LogP contribution in [-0.2, 0) is 4.79 Å². The predicted molar refractivity (Wildman–Crippen MR) is 105 cm³/mol. The van der Waals surface area contributed by atoms with Crippen LogP contribution in [0.3, 0.4) is 0 Å². The van der Waals surface area contributed by atoms with Gasteiger partial charge in [-0.25, -0.2) is 4.98 Å². The standard InChI is InChI=1S/C17H16ClN3OS2/c1-21(2)13-6-4-12(5-7-13)19-16(22)10-23-17-20-14-9-11(18)3-8-15(14)24-17/h3-9H,10H2,1-2H3,(H,19,22). The van der Waals surface area contributed by atoms with E-state index >= 15 is 0 Å². The monoisotopic (exact) mass is 377 g/mol. The second-order valence-corrected chi connectivity index (χ2v) is 8.06. The predicted octanol–water partition coefficient (Wildman–Crippen LogP) is 4.75. The van der Waals surface area contributed by atoms with Crippen molar-refractivity contribution in [1.29, 1.82) is 0 Å². The maximum Gasteiger partial charge on any atom is 0.234 e. The molecule has 24 heavy (non-hydrogen) atoms. The van der Waals surface area contributed by atoms with Crippen molar-refractivity contribution in [3.8, 4) is 0 Å². The minimum atomic E-state index is -0.0464. The van der Waals surface area contributed by atoms with Gasteiger partial charge in [-0.15, -0.1) is 11.3 Å². The second kappa shape index (κ2) is 7.42. The number of carbonyl (C=O) groups is 1. The van der Waals surface area contributed by atoms with Crippen molar-refractivity contribution in [1.82, 2.24) is 4.98 Å². The van der Waals surface area contributed by atoms with E-state index in [0.29, 0.717) is 10.8 Å². The Bertz CT molecular complexity index is 862. The average Bonchev–Trinajstić information content (AvgIpc) is 2.95. The third-order valence-corrected chi connectivity index (χ3v) is 5.74. The molecular weight excluding hydrogens is 362 g/mol. The van der Waals surface area contributed by atoms with Crippen LogP contribution in [0, 0.1) is 0 Å². The molecule has 0 bridgehead atoms. The number of nitrogens with one attached hydrogen (secondary N) is 1. The molecule has 3 aromatic rings. The molecule has 0 atom stereocenters. The van der Waals surface area contributed by atoms with Gasteiger partial charge in [0.2, 0.25) is 5.91 Å². The number of rotatable bonds is 5. The lowest BCUT2D eigenvalue weighted by Gasteiger charge is -2.12. The summed E-state index contributed by atoms with van der Waals surface area (Å²) in [5, 5.41) is 3.57. The lowest BCUT2D eigenvalue weighted by molar-refractivity contribution is -0.113. The van der Waals surface area contributed by atoms with Crippen LogP contribution < -0.4 is 10.2 Å². The molecule has 124 valence electrons. The number of fused-ring (bicyclic) bond motifs is 1. The fourth-order valence-electron chi connectivity index (χ4n) is 2.11. The number of anilines is 2. The molecule has 0 aliphatic rings. The zero-order valence-corrected chi connectivity index (χ0v) is 15.6. The fourth-order valence-corrected chi connectivity index (χ4v) is 4.12. The second-order valence-electron chi connectivity index (χ2n) is 5.37. The van der Waals surface area contributed by atoms with Crippen LogP contribution in [0.2, 0.25) is 5.02 Å². The van der Waals surface area contributed by atoms with Crippen LogP contribution in [0.5, 0.6) is 0 Å². The first kappa shape index (κ1) is 17.1. The molecule has 1 heterocycles. The van der Waals surface area contributed by atoms with E-state index in [4.69, 9.17) is 11.6 Å². The Balaban J connectivity index is 1.58. The lowest BCUT2D eigenvalue weighted by Crippen LogP contribution is -2.14. The lowest BCUT2D eigenvalue weighted by atomic mass is 10.2. The SMILES string of the molecule is CN(C)c1ccc(NC(=O)CSc2nc3cc(Cl)ccc3s2)cc1. The maximum atomic E-state index is 12.1. The van der Waals surface area contributed by atoms with Gasteiger partial charge in [-0.1, -0.05) is 23.4 Å². The first-order valence-corrected chi connectivity index (χ1v) is 9.45. The van der Waals surface area contributed by atoms with Crippen molar-refractivity contribution in [3.63, 3.8) is 0 Å². The Morgan fingerprint density at radius 3 is 2.71 bits per heavy atom. The average molecular weight is 378 g/mol. The highest BCUT2D eigenvalue weighted by Gasteiger charge is 2.09. The molecule has 0 aliphatic heterocycles. The quantitative estimate of drug-likeness (QED) is 0.652. The van der Waals surface area contributed by atoms with Gasteiger partial charge in [0.15, 0.2) is 4.34 Å². The molecule has 0 saturated heterocycles. The number of benzene rings is 2. The zero-order valence-electron chi connectivity index (χ0n) is 13.2. The highest BCUT2D eigenvalue weighted by molar-refractivity contribution is 8.01. The fraction of sp³-hybridized carbons (Fsp3) is 0.176. The summed E-state index contributed by atoms with van der Waals surface area (Å²) in [6, 6.07) is 13.4. The number of aromatic nitrogens is 1. The highest BCUT2D eigenvalue weighted by Crippen LogP contribution is 2.31. The van der Waals surface area contributed by atoms with Gasteiger partial charge in [-0.3, -0.25) is 4.79 Å². The number of hydrogen-bond donors (Lipinski definition) is 1. The van der Waals surface area contributed by atoms with E-state index in [9.17, 15) is 4.79 Å². The van der Waals surface area contributed by atoms with E-state index in [-0.39, 0.29) is 5.91 Å². The Hall–Kier alpha value is -1.76. The number of carbonyl (C=O) groups excluding carboxylic acids is 1. The van der Waals surface area contributed by atoms with E-state index in [2.05, 4.69) is 10.3 Å². The molecule has 0 spiro atoms. The maximum absolute atomic E-state index is 12.1. The van der Waals surface area contributed by atoms with Crippen molar-refractivity contribution >= 4 is 62.2 Å². The van der Waals surface area contributed by atoms with Crippen molar-refractivity contribution in [2.45, 2.75) is 4.34 Å². The minimum Gasteiger partial charge on any atom is -0.378 e. The number of amides is 1. The number of halogens is 1. The summed E-state index contributed by atoms with van der Waals surface area (Å²) < 4.78 is 1.94. The summed E-state index contributed by atoms with van der Waals surface area (Å²) in [6.07, 6.45) is 0. The highest BCUT2D eigenvalue weighted by atomic mass is 35.5. The number of thioether (sulfide) groups is 1. The molecule has 0 aliphatic carbocycles. The summed E-state index contributed by atoms with van der Waals surface area (Å²) in [5.41, 5.74) is 2.76. The van der Waals surface area contributed by atoms with Crippen molar-refractivity contribution in [2.24, 2.45) is 0 Å². The minimum absolute atomic E-state index is 0.0464. The van der Waals surface area contributed by atoms with Crippen molar-refractivity contribution in [2.75, 3.05) is 30.1 Å². The summed E-state index contributed by atoms with van der Waals surface area (Å²) in [4.78, 5) is 18.6. The van der Waals surface area contributed by atoms with Gasteiger partial charge in [-0.05, 0) is 42.5 Å². The van der Waals surface area contributed by atoms with Gasteiger partial charge in [-0.2, -0.15) is 0 Å². The van der Waals surface area contributed by atoms with Gasteiger partial charge < -0.3 is 10.2 Å². The molecular formula is C17H16ClN3OS2. The van der Waals surface area contributed by atoms with Gasteiger partial charge in [0.25, 0.3) is 0 Å². The van der Waals surface area contributed by atoms with Gasteiger partial charge in [0.1, 0.15) is 0 Å². The van der Waals surface area contributed by atoms with Crippen LogP contribution in [-0.4, -0.2) is 30.7 Å². The Morgan fingerprint density at radius 2 is 2.00 bits per heavy atom. The summed E-state index contributed by atoms with van der Waals surface area (Å²) >= 11 is 8.97. The van der Waals surface area contributed by atoms with Crippen LogP contribution in [0.25, 0.3) is 10.2 Å². The molecule has 1 N–H and O–H groups in total. The number of nitrogens with zero attached hydrogens (tertiary/aromatic N) is 2. The van der Waals surface area contributed by atoms with Crippen LogP contribution in [0.1, 0.15) is 0 Å². The normalized spacial score (nSPS) is 10.8. The van der Waals surface area contributed by atoms with E-state index < -0.39 is 0 Å². The smallest absolute Gasteiger partial charge is 0.234 e. The topological polar surface area (TPSA) is 45.2 Å². The molecule has 2 aromatic carbocycles. The molecule has 0 radical (unpaired) electrons. The third kappa shape index (κ3) is 4.20. The first-order valence-electron chi connectivity index (χ1n) is 7.27. The third-order valence-electron chi connectivity index (χ3n) is 3.32. The molecule has 7 heteroatoms. The number of thiazole rings is 1. The Labute approximate surface area is 153 Å². The number of hydrogen-bond acceptors (Lipinski definition) is 5. The molecule has 3 rings (SSSR count). The van der Waals surface area contributed by atoms with Crippen molar-refractivity contribution in [3.05, 3.63) is 47.5 Å². The zero-order chi connectivity index (χ0) is 17.1. The molecule has 0 saturated carbocycles. The Morgan fingerprint density at radius 1 is 1.25 bits per heavy atom. The van der Waals surface area contributed by atoms with Crippen LogP contribution in [0.15, 0.2) is 46.8 Å².